The fourth-order valence-electron chi connectivity index (χ4n) is 6.94. The zero-order valence-corrected chi connectivity index (χ0v) is 18.1. The molecule has 0 bridgehead atoms. The predicted octanol–water partition coefficient (Wildman–Crippen LogP) is 4.60. The summed E-state index contributed by atoms with van der Waals surface area (Å²) in [5.41, 5.74) is 1.75. The van der Waals surface area contributed by atoms with Gasteiger partial charge in [-0.25, -0.2) is 4.79 Å². The molecule has 0 amide bonds. The third-order valence-electron chi connectivity index (χ3n) is 8.62. The van der Waals surface area contributed by atoms with Gasteiger partial charge < -0.3 is 9.47 Å². The first-order chi connectivity index (χ1) is 13.7. The van der Waals surface area contributed by atoms with Gasteiger partial charge in [-0.1, -0.05) is 48.9 Å². The van der Waals surface area contributed by atoms with Crippen LogP contribution in [-0.2, 0) is 19.1 Å². The Labute approximate surface area is 175 Å². The number of fused-ring (bicyclic) bond motifs is 6. The van der Waals surface area contributed by atoms with E-state index >= 15 is 0 Å². The van der Waals surface area contributed by atoms with E-state index in [-0.39, 0.29) is 27.1 Å². The van der Waals surface area contributed by atoms with E-state index in [9.17, 15) is 14.4 Å². The molecule has 0 aromatic carbocycles. The summed E-state index contributed by atoms with van der Waals surface area (Å²) in [6, 6.07) is 0. The van der Waals surface area contributed by atoms with Gasteiger partial charge in [-0.2, -0.15) is 0 Å². The average Bonchev–Trinajstić information content (AvgIpc) is 3.17. The van der Waals surface area contributed by atoms with Gasteiger partial charge in [0.15, 0.2) is 10.7 Å². The van der Waals surface area contributed by atoms with Crippen LogP contribution >= 0.6 is 11.8 Å². The molecule has 1 spiro atoms. The number of carbonyl (C=O) groups is 3. The lowest BCUT2D eigenvalue weighted by Crippen LogP contribution is -2.54. The molecule has 0 aromatic heterocycles. The molecule has 156 valence electrons. The van der Waals surface area contributed by atoms with Crippen molar-refractivity contribution in [2.45, 2.75) is 70.1 Å². The number of hydrogen-bond donors (Lipinski definition) is 0. The molecule has 1 aliphatic heterocycles. The topological polar surface area (TPSA) is 69.7 Å². The van der Waals surface area contributed by atoms with E-state index in [4.69, 9.17) is 9.47 Å². The van der Waals surface area contributed by atoms with E-state index in [0.717, 1.165) is 25.7 Å². The van der Waals surface area contributed by atoms with E-state index in [0.29, 0.717) is 31.1 Å². The predicted molar refractivity (Wildman–Crippen MR) is 109 cm³/mol. The van der Waals surface area contributed by atoms with Crippen LogP contribution in [0.3, 0.4) is 0 Å². The molecule has 4 aliphatic carbocycles. The number of carbonyl (C=O) groups excluding carboxylic acids is 3. The van der Waals surface area contributed by atoms with Crippen molar-refractivity contribution in [3.8, 4) is 0 Å². The second kappa shape index (κ2) is 6.22. The zero-order valence-electron chi connectivity index (χ0n) is 17.3. The van der Waals surface area contributed by atoms with Gasteiger partial charge in [0.1, 0.15) is 12.4 Å². The Morgan fingerprint density at radius 3 is 2.72 bits per heavy atom. The van der Waals surface area contributed by atoms with Crippen LogP contribution in [0, 0.1) is 22.7 Å². The van der Waals surface area contributed by atoms with Crippen molar-refractivity contribution < 1.29 is 23.9 Å². The molecule has 0 N–H and O–H groups in total. The minimum Gasteiger partial charge on any atom is -0.430 e. The summed E-state index contributed by atoms with van der Waals surface area (Å²) in [7, 11) is 0. The number of rotatable bonds is 1. The molecule has 0 aromatic rings. The van der Waals surface area contributed by atoms with Crippen LogP contribution in [0.1, 0.15) is 59.3 Å². The Morgan fingerprint density at radius 1 is 1.24 bits per heavy atom. The summed E-state index contributed by atoms with van der Waals surface area (Å²) >= 11 is 1.39. The quantitative estimate of drug-likeness (QED) is 0.460. The molecule has 1 heterocycles. The largest absolute Gasteiger partial charge is 0.509 e. The third-order valence-corrected chi connectivity index (χ3v) is 9.65. The highest BCUT2D eigenvalue weighted by molar-refractivity contribution is 8.14. The standard InChI is InChI=1S/C23H28O5S/c1-13(24)29-18-11-14-10-15(25)4-7-21(14,2)16-5-8-22(3)17(19(16)18)6-9-23(22)12-27-20(26)28-23/h5,11,17-19H,4,6-10,12H2,1-3H3/t17?,18-,19?,21+,22+,23-/m1/s1. The number of ether oxygens (including phenoxy) is 2. The van der Waals surface area contributed by atoms with Gasteiger partial charge in [0.25, 0.3) is 0 Å². The molecule has 3 fully saturated rings. The van der Waals surface area contributed by atoms with E-state index < -0.39 is 11.8 Å². The maximum absolute atomic E-state index is 12.2. The SMILES string of the molecule is CC(=O)S[C@@H]1C=C2CC(=O)CC[C@]2(C)C2=CC[C@@]3(C)C(CC[C@@]34COC(=O)O4)C21. The van der Waals surface area contributed by atoms with Crippen LogP contribution in [0.5, 0.6) is 0 Å². The minimum atomic E-state index is -0.560. The van der Waals surface area contributed by atoms with Crippen LogP contribution in [0.4, 0.5) is 4.79 Å². The number of cyclic esters (lactones) is 1. The van der Waals surface area contributed by atoms with Gasteiger partial charge in [0.2, 0.25) is 0 Å². The molecule has 29 heavy (non-hydrogen) atoms. The second-order valence-corrected chi connectivity index (χ2v) is 11.3. The van der Waals surface area contributed by atoms with Crippen molar-refractivity contribution in [3.05, 3.63) is 23.3 Å². The highest BCUT2D eigenvalue weighted by Crippen LogP contribution is 2.67. The van der Waals surface area contributed by atoms with Crippen molar-refractivity contribution in [2.75, 3.05) is 6.61 Å². The molecule has 0 radical (unpaired) electrons. The van der Waals surface area contributed by atoms with E-state index in [1.54, 1.807) is 6.92 Å². The second-order valence-electron chi connectivity index (χ2n) is 9.90. The lowest BCUT2D eigenvalue weighted by molar-refractivity contribution is -0.120. The van der Waals surface area contributed by atoms with Gasteiger partial charge in [0.05, 0.1) is 0 Å². The molecule has 2 saturated carbocycles. The fraction of sp³-hybridized carbons (Fsp3) is 0.696. The Bertz CT molecular complexity index is 874. The van der Waals surface area contributed by atoms with Gasteiger partial charge in [0, 0.05) is 35.8 Å². The first-order valence-electron chi connectivity index (χ1n) is 10.6. The van der Waals surface area contributed by atoms with E-state index in [1.807, 2.05) is 0 Å². The number of Topliss-reactive ketones (excluding diaryl/α,β-unsaturated/α-hetero) is 1. The summed E-state index contributed by atoms with van der Waals surface area (Å²) in [4.78, 5) is 36.1. The average molecular weight is 417 g/mol. The Morgan fingerprint density at radius 2 is 2.03 bits per heavy atom. The highest BCUT2D eigenvalue weighted by atomic mass is 32.2. The van der Waals surface area contributed by atoms with E-state index in [1.165, 1.54) is 22.9 Å². The summed E-state index contributed by atoms with van der Waals surface area (Å²) in [6.07, 6.45) is 8.63. The molecular formula is C23H28O5S. The normalized spacial score (nSPS) is 45.6. The summed E-state index contributed by atoms with van der Waals surface area (Å²) in [6.45, 7) is 6.47. The third kappa shape index (κ3) is 2.57. The molecule has 6 heteroatoms. The van der Waals surface area contributed by atoms with Gasteiger partial charge in [-0.15, -0.1) is 0 Å². The molecular weight excluding hydrogens is 388 g/mol. The Balaban J connectivity index is 1.61. The first kappa shape index (κ1) is 19.4. The fourth-order valence-corrected chi connectivity index (χ4v) is 8.03. The number of hydrogen-bond acceptors (Lipinski definition) is 6. The van der Waals surface area contributed by atoms with Crippen LogP contribution in [-0.4, -0.2) is 34.5 Å². The minimum absolute atomic E-state index is 0.0329. The lowest BCUT2D eigenvalue weighted by Gasteiger charge is -2.55. The molecule has 5 nitrogen and oxygen atoms in total. The number of allylic oxidation sites excluding steroid dienone is 3. The van der Waals surface area contributed by atoms with Crippen molar-refractivity contribution in [2.24, 2.45) is 22.7 Å². The monoisotopic (exact) mass is 416 g/mol. The van der Waals surface area contributed by atoms with Crippen molar-refractivity contribution in [1.29, 1.82) is 0 Å². The Kier molecular flexibility index (Phi) is 4.16. The maximum Gasteiger partial charge on any atom is 0.509 e. The zero-order chi connectivity index (χ0) is 20.6. The van der Waals surface area contributed by atoms with Crippen LogP contribution < -0.4 is 0 Å². The number of thioether (sulfide) groups is 1. The summed E-state index contributed by atoms with van der Waals surface area (Å²) in [5.74, 6) is 0.846. The highest BCUT2D eigenvalue weighted by Gasteiger charge is 2.67. The maximum atomic E-state index is 12.2. The van der Waals surface area contributed by atoms with Crippen molar-refractivity contribution in [1.82, 2.24) is 0 Å². The van der Waals surface area contributed by atoms with Crippen LogP contribution in [0.15, 0.2) is 23.3 Å². The lowest BCUT2D eigenvalue weighted by atomic mass is 9.51. The van der Waals surface area contributed by atoms with Gasteiger partial charge >= 0.3 is 6.16 Å². The Hall–Kier alpha value is -1.56. The molecule has 5 rings (SSSR count). The molecule has 5 aliphatic rings. The van der Waals surface area contributed by atoms with Gasteiger partial charge in [-0.3, -0.25) is 9.59 Å². The first-order valence-corrected chi connectivity index (χ1v) is 11.5. The van der Waals surface area contributed by atoms with Crippen molar-refractivity contribution >= 4 is 28.8 Å². The molecule has 6 atom stereocenters. The van der Waals surface area contributed by atoms with Crippen LogP contribution in [0.25, 0.3) is 0 Å². The summed E-state index contributed by atoms with van der Waals surface area (Å²) < 4.78 is 11.1. The van der Waals surface area contributed by atoms with E-state index in [2.05, 4.69) is 26.0 Å². The summed E-state index contributed by atoms with van der Waals surface area (Å²) in [5, 5.41) is 0.137. The molecule has 1 saturated heterocycles. The molecule has 2 unspecified atom stereocenters. The van der Waals surface area contributed by atoms with Crippen molar-refractivity contribution in [3.63, 3.8) is 0 Å². The number of ketones is 1. The van der Waals surface area contributed by atoms with Crippen LogP contribution in [0.2, 0.25) is 0 Å². The smallest absolute Gasteiger partial charge is 0.430 e. The van der Waals surface area contributed by atoms with Gasteiger partial charge in [-0.05, 0) is 37.5 Å².